The molecule has 5 nitrogen and oxygen atoms in total. The smallest absolute Gasteiger partial charge is 0.363 e. The number of cyclic esters (lactones) is 1. The van der Waals surface area contributed by atoms with Crippen molar-refractivity contribution in [3.63, 3.8) is 0 Å². The Kier molecular flexibility index (Phi) is 4.22. The Balaban J connectivity index is 1.65. The molecule has 0 spiro atoms. The minimum absolute atomic E-state index is 0.203. The molecule has 0 saturated carbocycles. The average Bonchev–Trinajstić information content (AvgIpc) is 3.02. The molecule has 6 heteroatoms. The van der Waals surface area contributed by atoms with Crippen molar-refractivity contribution < 1.29 is 19.0 Å². The molecule has 2 aliphatic heterocycles. The van der Waals surface area contributed by atoms with Crippen LogP contribution in [0.1, 0.15) is 11.1 Å². The van der Waals surface area contributed by atoms with Crippen LogP contribution >= 0.6 is 11.6 Å². The molecule has 0 aliphatic carbocycles. The van der Waals surface area contributed by atoms with E-state index < -0.39 is 5.97 Å². The first-order valence-corrected chi connectivity index (χ1v) is 8.31. The van der Waals surface area contributed by atoms with E-state index in [1.807, 2.05) is 30.3 Å². The van der Waals surface area contributed by atoms with Crippen molar-refractivity contribution in [2.45, 2.75) is 0 Å². The van der Waals surface area contributed by atoms with Gasteiger partial charge in [-0.25, -0.2) is 9.79 Å². The van der Waals surface area contributed by atoms with Gasteiger partial charge in [0.2, 0.25) is 5.90 Å². The molecule has 26 heavy (non-hydrogen) atoms. The summed E-state index contributed by atoms with van der Waals surface area (Å²) in [4.78, 5) is 16.4. The summed E-state index contributed by atoms with van der Waals surface area (Å²) < 4.78 is 16.2. The summed E-state index contributed by atoms with van der Waals surface area (Å²) in [6.45, 7) is 0.327. The molecule has 0 saturated heterocycles. The lowest BCUT2D eigenvalue weighted by Crippen LogP contribution is -2.08. The Bertz CT molecular complexity index is 991. The maximum absolute atomic E-state index is 12.1. The highest BCUT2D eigenvalue weighted by atomic mass is 35.5. The zero-order chi connectivity index (χ0) is 18.1. The molecule has 2 heterocycles. The molecule has 2 aromatic carbocycles. The van der Waals surface area contributed by atoms with Crippen LogP contribution in [0.5, 0.6) is 11.5 Å². The summed E-state index contributed by atoms with van der Waals surface area (Å²) in [6, 6.07) is 12.7. The van der Waals surface area contributed by atoms with Crippen LogP contribution in [0.3, 0.4) is 0 Å². The SMILES string of the molecule is COc1ccc2c(c1)OCC(/C=C1\N=C(c3ccccc3Cl)OC1=O)=C2. The monoisotopic (exact) mass is 367 g/mol. The van der Waals surface area contributed by atoms with Gasteiger partial charge in [0.15, 0.2) is 5.70 Å². The van der Waals surface area contributed by atoms with Crippen molar-refractivity contribution in [1.82, 2.24) is 0 Å². The Labute approximate surface area is 155 Å². The molecule has 130 valence electrons. The third-order valence-corrected chi connectivity index (χ3v) is 4.33. The molecule has 2 aliphatic rings. The molecule has 0 amide bonds. The van der Waals surface area contributed by atoms with E-state index >= 15 is 0 Å². The van der Waals surface area contributed by atoms with E-state index in [1.54, 1.807) is 31.4 Å². The van der Waals surface area contributed by atoms with Crippen molar-refractivity contribution in [2.75, 3.05) is 13.7 Å². The Morgan fingerprint density at radius 2 is 2.08 bits per heavy atom. The Morgan fingerprint density at radius 1 is 1.23 bits per heavy atom. The number of hydrogen-bond acceptors (Lipinski definition) is 5. The van der Waals surface area contributed by atoms with Gasteiger partial charge >= 0.3 is 5.97 Å². The highest BCUT2D eigenvalue weighted by Gasteiger charge is 2.26. The largest absolute Gasteiger partial charge is 0.497 e. The van der Waals surface area contributed by atoms with E-state index in [0.29, 0.717) is 17.2 Å². The first-order chi connectivity index (χ1) is 12.6. The fourth-order valence-electron chi connectivity index (χ4n) is 2.71. The van der Waals surface area contributed by atoms with Crippen LogP contribution in [0.2, 0.25) is 5.02 Å². The van der Waals surface area contributed by atoms with Crippen LogP contribution in [0.25, 0.3) is 6.08 Å². The molecule has 0 N–H and O–H groups in total. The molecule has 2 aromatic rings. The van der Waals surface area contributed by atoms with Crippen molar-refractivity contribution >= 4 is 29.5 Å². The number of aliphatic imine (C=N–C) groups is 1. The molecule has 0 radical (unpaired) electrons. The lowest BCUT2D eigenvalue weighted by molar-refractivity contribution is -0.130. The molecule has 0 aromatic heterocycles. The highest BCUT2D eigenvalue weighted by Crippen LogP contribution is 2.31. The summed E-state index contributed by atoms with van der Waals surface area (Å²) in [5.41, 5.74) is 2.52. The molecular weight excluding hydrogens is 354 g/mol. The number of benzene rings is 2. The van der Waals surface area contributed by atoms with E-state index in [0.717, 1.165) is 22.6 Å². The van der Waals surface area contributed by atoms with E-state index in [2.05, 4.69) is 4.99 Å². The van der Waals surface area contributed by atoms with Gasteiger partial charge in [0.1, 0.15) is 18.1 Å². The van der Waals surface area contributed by atoms with E-state index in [-0.39, 0.29) is 11.6 Å². The van der Waals surface area contributed by atoms with Gasteiger partial charge in [0.05, 0.1) is 17.7 Å². The first kappa shape index (κ1) is 16.4. The summed E-state index contributed by atoms with van der Waals surface area (Å²) in [5.74, 6) is 1.16. The van der Waals surface area contributed by atoms with Gasteiger partial charge < -0.3 is 14.2 Å². The highest BCUT2D eigenvalue weighted by molar-refractivity contribution is 6.34. The van der Waals surface area contributed by atoms with E-state index in [9.17, 15) is 4.79 Å². The average molecular weight is 368 g/mol. The quantitative estimate of drug-likeness (QED) is 0.607. The van der Waals surface area contributed by atoms with Crippen molar-refractivity contribution in [1.29, 1.82) is 0 Å². The second-order valence-electron chi connectivity index (χ2n) is 5.73. The standard InChI is InChI=1S/C20H14ClNO4/c1-24-14-7-6-13-8-12(11-25-18(13)10-14)9-17-20(23)26-19(22-17)15-4-2-3-5-16(15)21/h2-10H,11H2,1H3/b17-9-. The van der Waals surface area contributed by atoms with Gasteiger partial charge in [-0.05, 0) is 42.0 Å². The maximum atomic E-state index is 12.1. The van der Waals surface area contributed by atoms with E-state index in [1.165, 1.54) is 0 Å². The van der Waals surface area contributed by atoms with E-state index in [4.69, 9.17) is 25.8 Å². The maximum Gasteiger partial charge on any atom is 0.363 e. The van der Waals surface area contributed by atoms with Gasteiger partial charge in [-0.15, -0.1) is 0 Å². The zero-order valence-electron chi connectivity index (χ0n) is 13.9. The van der Waals surface area contributed by atoms with Gasteiger partial charge in [0, 0.05) is 11.6 Å². The number of esters is 1. The topological polar surface area (TPSA) is 57.1 Å². The summed E-state index contributed by atoms with van der Waals surface area (Å²) in [5, 5.41) is 0.475. The second kappa shape index (κ2) is 6.69. The molecule has 0 fully saturated rings. The number of carbonyl (C=O) groups excluding carboxylic acids is 1. The van der Waals surface area contributed by atoms with Crippen molar-refractivity contribution in [3.05, 3.63) is 76.0 Å². The van der Waals surface area contributed by atoms with Gasteiger partial charge in [-0.1, -0.05) is 23.7 Å². The molecule has 0 bridgehead atoms. The predicted octanol–water partition coefficient (Wildman–Crippen LogP) is 4.01. The fraction of sp³-hybridized carbons (Fsp3) is 0.100. The number of carbonyl (C=O) groups is 1. The number of fused-ring (bicyclic) bond motifs is 1. The number of halogens is 1. The Morgan fingerprint density at radius 3 is 2.88 bits per heavy atom. The minimum Gasteiger partial charge on any atom is -0.497 e. The number of rotatable bonds is 3. The summed E-state index contributed by atoms with van der Waals surface area (Å²) in [7, 11) is 1.61. The van der Waals surface area contributed by atoms with Gasteiger partial charge in [-0.2, -0.15) is 0 Å². The van der Waals surface area contributed by atoms with Crippen LogP contribution in [-0.2, 0) is 9.53 Å². The van der Waals surface area contributed by atoms with Crippen LogP contribution in [0.15, 0.2) is 64.8 Å². The lowest BCUT2D eigenvalue weighted by atomic mass is 10.1. The zero-order valence-corrected chi connectivity index (χ0v) is 14.6. The minimum atomic E-state index is -0.513. The fourth-order valence-corrected chi connectivity index (χ4v) is 2.92. The molecule has 0 atom stereocenters. The third kappa shape index (κ3) is 3.09. The van der Waals surface area contributed by atoms with Crippen molar-refractivity contribution in [2.24, 2.45) is 4.99 Å². The normalized spacial score (nSPS) is 17.2. The van der Waals surface area contributed by atoms with Crippen LogP contribution in [0.4, 0.5) is 0 Å². The molecular formula is C20H14ClNO4. The van der Waals surface area contributed by atoms with Gasteiger partial charge in [-0.3, -0.25) is 0 Å². The van der Waals surface area contributed by atoms with Crippen LogP contribution in [-0.4, -0.2) is 25.6 Å². The number of methoxy groups -OCH3 is 1. The van der Waals surface area contributed by atoms with Crippen LogP contribution in [0, 0.1) is 0 Å². The lowest BCUT2D eigenvalue weighted by Gasteiger charge is -2.16. The third-order valence-electron chi connectivity index (χ3n) is 4.00. The number of nitrogens with zero attached hydrogens (tertiary/aromatic N) is 1. The number of ether oxygens (including phenoxy) is 3. The van der Waals surface area contributed by atoms with Gasteiger partial charge in [0.25, 0.3) is 0 Å². The predicted molar refractivity (Wildman–Crippen MR) is 98.6 cm³/mol. The Hall–Kier alpha value is -3.05. The second-order valence-corrected chi connectivity index (χ2v) is 6.13. The summed E-state index contributed by atoms with van der Waals surface area (Å²) >= 11 is 6.14. The van der Waals surface area contributed by atoms with Crippen molar-refractivity contribution in [3.8, 4) is 11.5 Å². The molecule has 4 rings (SSSR count). The van der Waals surface area contributed by atoms with Crippen LogP contribution < -0.4 is 9.47 Å². The first-order valence-electron chi connectivity index (χ1n) is 7.93. The summed E-state index contributed by atoms with van der Waals surface area (Å²) in [6.07, 6.45) is 3.61. The number of hydrogen-bond donors (Lipinski definition) is 0. The molecule has 0 unspecified atom stereocenters.